The predicted octanol–water partition coefficient (Wildman–Crippen LogP) is 6.24. The van der Waals surface area contributed by atoms with E-state index >= 15 is 0 Å². The number of carbonyl (C=O) groups is 1. The Morgan fingerprint density at radius 1 is 1.24 bits per heavy atom. The lowest BCUT2D eigenvalue weighted by molar-refractivity contribution is -0.119. The molecule has 174 valence electrons. The summed E-state index contributed by atoms with van der Waals surface area (Å²) in [5.41, 5.74) is 4.16. The number of allylic oxidation sites excluding steroid dienone is 1. The molecule has 2 unspecified atom stereocenters. The van der Waals surface area contributed by atoms with Gasteiger partial charge in [-0.3, -0.25) is 4.79 Å². The maximum Gasteiger partial charge on any atom is 0.217 e. The molecule has 5 nitrogen and oxygen atoms in total. The van der Waals surface area contributed by atoms with Crippen molar-refractivity contribution in [1.82, 2.24) is 5.32 Å². The van der Waals surface area contributed by atoms with E-state index in [1.165, 1.54) is 12.5 Å². The maximum absolute atomic E-state index is 11.2. The van der Waals surface area contributed by atoms with Gasteiger partial charge in [0.2, 0.25) is 5.91 Å². The van der Waals surface area contributed by atoms with Crippen molar-refractivity contribution in [2.45, 2.75) is 65.3 Å². The summed E-state index contributed by atoms with van der Waals surface area (Å²) in [6.07, 6.45) is 8.05. The average Bonchev–Trinajstić information content (AvgIpc) is 2.82. The Hall–Kier alpha value is -3.26. The number of amides is 1. The summed E-state index contributed by atoms with van der Waals surface area (Å²) >= 11 is 0. The Bertz CT molecular complexity index is 1000. The molecule has 0 aromatic heterocycles. The lowest BCUT2D eigenvalue weighted by atomic mass is 9.81. The molecule has 1 aliphatic carbocycles. The van der Waals surface area contributed by atoms with Crippen LogP contribution in [-0.2, 0) is 11.2 Å². The fraction of sp³-hybridized carbons (Fsp3) is 0.429. The third-order valence-electron chi connectivity index (χ3n) is 6.01. The molecule has 0 aliphatic heterocycles. The number of ether oxygens (including phenoxy) is 2. The first-order chi connectivity index (χ1) is 16.0. The highest BCUT2D eigenvalue weighted by atomic mass is 16.5. The summed E-state index contributed by atoms with van der Waals surface area (Å²) < 4.78 is 11.6. The molecule has 2 atom stereocenters. The predicted molar refractivity (Wildman–Crippen MR) is 130 cm³/mol. The minimum absolute atomic E-state index is 0.0282. The summed E-state index contributed by atoms with van der Waals surface area (Å²) in [7, 11) is 0. The summed E-state index contributed by atoms with van der Waals surface area (Å²) in [6, 6.07) is 16.0. The molecule has 0 spiro atoms. The van der Waals surface area contributed by atoms with Gasteiger partial charge in [0.05, 0.1) is 30.5 Å². The number of hydrogen-bond acceptors (Lipinski definition) is 4. The number of rotatable bonds is 9. The largest absolute Gasteiger partial charge is 0.494 e. The van der Waals surface area contributed by atoms with Gasteiger partial charge < -0.3 is 14.8 Å². The van der Waals surface area contributed by atoms with Gasteiger partial charge in [0, 0.05) is 6.92 Å². The van der Waals surface area contributed by atoms with E-state index in [9.17, 15) is 10.1 Å². The first-order valence-corrected chi connectivity index (χ1v) is 11.9. The van der Waals surface area contributed by atoms with Gasteiger partial charge in [0.1, 0.15) is 11.5 Å². The second-order valence-corrected chi connectivity index (χ2v) is 8.83. The lowest BCUT2D eigenvalue weighted by Gasteiger charge is -2.24. The molecule has 2 aromatic carbocycles. The van der Waals surface area contributed by atoms with Crippen molar-refractivity contribution in [3.63, 3.8) is 0 Å². The van der Waals surface area contributed by atoms with Crippen LogP contribution < -0.4 is 14.8 Å². The molecule has 1 amide bonds. The second-order valence-electron chi connectivity index (χ2n) is 8.83. The van der Waals surface area contributed by atoms with Crippen LogP contribution in [0.15, 0.2) is 54.3 Å². The number of nitrogens with zero attached hydrogens (tertiary/aromatic N) is 1. The molecular formula is C28H34N2O3. The van der Waals surface area contributed by atoms with Crippen LogP contribution in [0.3, 0.4) is 0 Å². The van der Waals surface area contributed by atoms with E-state index in [4.69, 9.17) is 9.47 Å². The first-order valence-electron chi connectivity index (χ1n) is 11.9. The third kappa shape index (κ3) is 7.39. The van der Waals surface area contributed by atoms with E-state index in [0.717, 1.165) is 61.2 Å². The first kappa shape index (κ1) is 24.4. The van der Waals surface area contributed by atoms with Crippen LogP contribution in [-0.4, -0.2) is 12.5 Å². The highest BCUT2D eigenvalue weighted by Crippen LogP contribution is 2.32. The van der Waals surface area contributed by atoms with Crippen LogP contribution in [0.4, 0.5) is 0 Å². The molecule has 0 heterocycles. The van der Waals surface area contributed by atoms with E-state index in [-0.39, 0.29) is 11.9 Å². The van der Waals surface area contributed by atoms with Gasteiger partial charge in [-0.25, -0.2) is 0 Å². The van der Waals surface area contributed by atoms with Crippen molar-refractivity contribution in [3.05, 3.63) is 71.0 Å². The van der Waals surface area contributed by atoms with Crippen LogP contribution in [0.5, 0.6) is 11.5 Å². The summed E-state index contributed by atoms with van der Waals surface area (Å²) in [6.45, 7) is 6.22. The Morgan fingerprint density at radius 3 is 2.70 bits per heavy atom. The molecule has 1 aliphatic rings. The molecule has 5 heteroatoms. The molecule has 3 rings (SSSR count). The van der Waals surface area contributed by atoms with Crippen LogP contribution in [0.2, 0.25) is 0 Å². The van der Waals surface area contributed by atoms with Gasteiger partial charge in [-0.1, -0.05) is 25.1 Å². The monoisotopic (exact) mass is 446 g/mol. The minimum Gasteiger partial charge on any atom is -0.494 e. The molecule has 1 N–H and O–H groups in total. The number of benzene rings is 2. The van der Waals surface area contributed by atoms with Crippen LogP contribution in [0.25, 0.3) is 0 Å². The molecule has 0 radical (unpaired) electrons. The Kier molecular flexibility index (Phi) is 8.95. The standard InChI is InChI=1S/C28H34N2O3/c1-4-14-32-28-13-10-25(26(17-28)18-29)16-22-6-5-7-23(15-22)19-33-27-11-8-24(9-12-27)20(2)30-21(3)31/h8-13,17,19-20,22H,4-7,14-16H2,1-3H3,(H,30,31). The van der Waals surface area contributed by atoms with E-state index in [1.54, 1.807) is 0 Å². The van der Waals surface area contributed by atoms with Gasteiger partial charge in [-0.15, -0.1) is 0 Å². The number of hydrogen-bond donors (Lipinski definition) is 1. The lowest BCUT2D eigenvalue weighted by Crippen LogP contribution is -2.23. The molecule has 33 heavy (non-hydrogen) atoms. The number of nitrogens with one attached hydrogen (secondary N) is 1. The number of carbonyl (C=O) groups excluding carboxylic acids is 1. The van der Waals surface area contributed by atoms with Gasteiger partial charge in [0.15, 0.2) is 0 Å². The molecule has 1 fully saturated rings. The molecule has 2 aromatic rings. The molecular weight excluding hydrogens is 412 g/mol. The third-order valence-corrected chi connectivity index (χ3v) is 6.01. The molecule has 1 saturated carbocycles. The van der Waals surface area contributed by atoms with Crippen LogP contribution in [0, 0.1) is 17.2 Å². The fourth-order valence-corrected chi connectivity index (χ4v) is 4.31. The van der Waals surface area contributed by atoms with Crippen molar-refractivity contribution < 1.29 is 14.3 Å². The smallest absolute Gasteiger partial charge is 0.217 e. The second kappa shape index (κ2) is 12.1. The number of nitriles is 1. The van der Waals surface area contributed by atoms with Crippen molar-refractivity contribution in [1.29, 1.82) is 5.26 Å². The van der Waals surface area contributed by atoms with E-state index in [2.05, 4.69) is 18.3 Å². The average molecular weight is 447 g/mol. The van der Waals surface area contributed by atoms with Gasteiger partial charge in [-0.05, 0) is 92.3 Å². The van der Waals surface area contributed by atoms with E-state index in [1.807, 2.05) is 55.7 Å². The van der Waals surface area contributed by atoms with E-state index < -0.39 is 0 Å². The highest BCUT2D eigenvalue weighted by molar-refractivity contribution is 5.73. The van der Waals surface area contributed by atoms with Gasteiger partial charge >= 0.3 is 0 Å². The highest BCUT2D eigenvalue weighted by Gasteiger charge is 2.19. The maximum atomic E-state index is 11.2. The molecule has 0 bridgehead atoms. The quantitative estimate of drug-likeness (QED) is 0.463. The molecule has 0 saturated heterocycles. The Balaban J connectivity index is 1.58. The summed E-state index contributed by atoms with van der Waals surface area (Å²) in [4.78, 5) is 11.2. The SMILES string of the molecule is CCCOc1ccc(CC2CCCC(=COc3ccc(C(C)NC(C)=O)cc3)C2)c(C#N)c1. The fourth-order valence-electron chi connectivity index (χ4n) is 4.31. The Labute approximate surface area is 197 Å². The zero-order valence-corrected chi connectivity index (χ0v) is 19.9. The van der Waals surface area contributed by atoms with Gasteiger partial charge in [-0.2, -0.15) is 5.26 Å². The minimum atomic E-state index is -0.0397. The van der Waals surface area contributed by atoms with Crippen molar-refractivity contribution in [2.75, 3.05) is 6.61 Å². The van der Waals surface area contributed by atoms with Crippen molar-refractivity contribution in [2.24, 2.45) is 5.92 Å². The van der Waals surface area contributed by atoms with Crippen LogP contribution in [0.1, 0.15) is 75.6 Å². The van der Waals surface area contributed by atoms with Crippen LogP contribution >= 0.6 is 0 Å². The van der Waals surface area contributed by atoms with Gasteiger partial charge in [0.25, 0.3) is 0 Å². The zero-order valence-electron chi connectivity index (χ0n) is 19.9. The Morgan fingerprint density at radius 2 is 2.00 bits per heavy atom. The normalized spacial score (nSPS) is 17.8. The topological polar surface area (TPSA) is 71.3 Å². The van der Waals surface area contributed by atoms with Crippen molar-refractivity contribution in [3.8, 4) is 17.6 Å². The summed E-state index contributed by atoms with van der Waals surface area (Å²) in [5.74, 6) is 2.02. The summed E-state index contributed by atoms with van der Waals surface area (Å²) in [5, 5.41) is 12.5. The van der Waals surface area contributed by atoms with Crippen molar-refractivity contribution >= 4 is 5.91 Å². The van der Waals surface area contributed by atoms with E-state index in [0.29, 0.717) is 18.1 Å². The zero-order chi connectivity index (χ0) is 23.6.